The van der Waals surface area contributed by atoms with Crippen LogP contribution in [0.1, 0.15) is 90.5 Å². The van der Waals surface area contributed by atoms with Crippen LogP contribution in [0.15, 0.2) is 30.3 Å². The first kappa shape index (κ1) is 28.8. The number of ether oxygens (including phenoxy) is 2. The molecule has 1 atom stereocenters. The lowest BCUT2D eigenvalue weighted by Gasteiger charge is -2.40. The van der Waals surface area contributed by atoms with E-state index >= 15 is 0 Å². The molecule has 0 spiro atoms. The second-order valence-corrected chi connectivity index (χ2v) is 11.0. The topological polar surface area (TPSA) is 106 Å². The number of hydrogen-bond donors (Lipinski definition) is 2. The number of benzene rings is 1. The van der Waals surface area contributed by atoms with Gasteiger partial charge in [0, 0.05) is 12.1 Å². The number of nitrogens with one attached hydrogen (secondary N) is 2. The molecule has 2 N–H and O–H groups in total. The summed E-state index contributed by atoms with van der Waals surface area (Å²) < 4.78 is 10.6. The zero-order chi connectivity index (χ0) is 26.7. The van der Waals surface area contributed by atoms with Crippen molar-refractivity contribution in [1.82, 2.24) is 15.7 Å². The molecule has 1 aromatic rings. The summed E-state index contributed by atoms with van der Waals surface area (Å²) in [6, 6.07) is 8.51. The van der Waals surface area contributed by atoms with E-state index in [1.807, 2.05) is 35.4 Å². The highest BCUT2D eigenvalue weighted by Crippen LogP contribution is 2.30. The lowest BCUT2D eigenvalue weighted by Crippen LogP contribution is -2.54. The summed E-state index contributed by atoms with van der Waals surface area (Å²) in [7, 11) is 0. The highest BCUT2D eigenvalue weighted by molar-refractivity contribution is 5.82. The third-order valence-electron chi connectivity index (χ3n) is 6.70. The fraction of sp³-hybridized carbons (Fsp3) is 0.679. The van der Waals surface area contributed by atoms with Crippen LogP contribution in [0.5, 0.6) is 0 Å². The van der Waals surface area contributed by atoms with Crippen molar-refractivity contribution in [1.29, 1.82) is 0 Å². The number of hydroxylamine groups is 2. The molecule has 37 heavy (non-hydrogen) atoms. The van der Waals surface area contributed by atoms with Gasteiger partial charge in [0.2, 0.25) is 0 Å². The third-order valence-corrected chi connectivity index (χ3v) is 6.70. The minimum absolute atomic E-state index is 0.0957. The zero-order valence-corrected chi connectivity index (χ0v) is 22.5. The van der Waals surface area contributed by atoms with Gasteiger partial charge >= 0.3 is 18.2 Å². The maximum absolute atomic E-state index is 13.4. The molecule has 2 aliphatic carbocycles. The first-order valence-electron chi connectivity index (χ1n) is 13.7. The van der Waals surface area contributed by atoms with Crippen LogP contribution in [0.3, 0.4) is 0 Å². The molecule has 0 bridgehead atoms. The Morgan fingerprint density at radius 3 is 2.00 bits per heavy atom. The number of alkyl carbamates (subject to hydrolysis) is 2. The quantitative estimate of drug-likeness (QED) is 0.432. The van der Waals surface area contributed by atoms with E-state index in [1.165, 1.54) is 12.8 Å². The van der Waals surface area contributed by atoms with Gasteiger partial charge in [0.05, 0.1) is 6.54 Å². The van der Waals surface area contributed by atoms with Gasteiger partial charge in [-0.25, -0.2) is 14.4 Å². The lowest BCUT2D eigenvalue weighted by molar-refractivity contribution is -0.224. The molecular formula is C28H43N3O6. The summed E-state index contributed by atoms with van der Waals surface area (Å²) in [6.07, 6.45) is 9.33. The van der Waals surface area contributed by atoms with Crippen LogP contribution in [-0.2, 0) is 25.7 Å². The van der Waals surface area contributed by atoms with Crippen molar-refractivity contribution in [3.05, 3.63) is 35.9 Å². The monoisotopic (exact) mass is 517 g/mol. The minimum Gasteiger partial charge on any atom is -0.445 e. The number of nitrogens with zero attached hydrogens (tertiary/aromatic N) is 1. The first-order chi connectivity index (χ1) is 17.7. The van der Waals surface area contributed by atoms with Crippen LogP contribution in [0.25, 0.3) is 0 Å². The molecule has 9 nitrogen and oxygen atoms in total. The Hall–Kier alpha value is -2.81. The van der Waals surface area contributed by atoms with E-state index in [4.69, 9.17) is 14.3 Å². The van der Waals surface area contributed by atoms with E-state index in [9.17, 15) is 14.4 Å². The molecule has 0 radical (unpaired) electrons. The predicted octanol–water partition coefficient (Wildman–Crippen LogP) is 5.23. The SMILES string of the molecule is CC(C)(C)OC(=O)N[C@@H](CNC(=O)OCc1ccccc1)C(=O)ON(C1CCCCC1)C1CCCCC1. The third kappa shape index (κ3) is 10.2. The summed E-state index contributed by atoms with van der Waals surface area (Å²) in [5.41, 5.74) is 0.104. The highest BCUT2D eigenvalue weighted by atomic mass is 16.7. The van der Waals surface area contributed by atoms with E-state index in [1.54, 1.807) is 20.8 Å². The van der Waals surface area contributed by atoms with Gasteiger partial charge in [0.25, 0.3) is 0 Å². The van der Waals surface area contributed by atoms with Crippen molar-refractivity contribution in [3.8, 4) is 0 Å². The van der Waals surface area contributed by atoms with E-state index in [0.29, 0.717) is 0 Å². The molecule has 206 valence electrons. The Labute approximate surface area is 220 Å². The van der Waals surface area contributed by atoms with E-state index < -0.39 is 29.8 Å². The summed E-state index contributed by atoms with van der Waals surface area (Å²) in [4.78, 5) is 44.3. The molecular weight excluding hydrogens is 474 g/mol. The van der Waals surface area contributed by atoms with Crippen LogP contribution in [0.4, 0.5) is 9.59 Å². The van der Waals surface area contributed by atoms with Crippen molar-refractivity contribution in [2.75, 3.05) is 6.54 Å². The second kappa shape index (κ2) is 14.2. The largest absolute Gasteiger partial charge is 0.445 e. The van der Waals surface area contributed by atoms with Crippen LogP contribution >= 0.6 is 0 Å². The van der Waals surface area contributed by atoms with Crippen molar-refractivity contribution in [3.63, 3.8) is 0 Å². The molecule has 0 saturated heterocycles. The molecule has 2 aliphatic rings. The Kier molecular flexibility index (Phi) is 11.0. The number of rotatable bonds is 9. The normalized spacial score (nSPS) is 18.1. The molecule has 0 aliphatic heterocycles. The zero-order valence-electron chi connectivity index (χ0n) is 22.5. The predicted molar refractivity (Wildman–Crippen MR) is 139 cm³/mol. The van der Waals surface area contributed by atoms with Crippen molar-refractivity contribution < 1.29 is 28.7 Å². The van der Waals surface area contributed by atoms with Gasteiger partial charge in [0.15, 0.2) is 0 Å². The molecule has 3 rings (SSSR count). The van der Waals surface area contributed by atoms with Crippen LogP contribution in [0, 0.1) is 0 Å². The number of carbonyl (C=O) groups is 3. The second-order valence-electron chi connectivity index (χ2n) is 11.0. The Bertz CT molecular complexity index is 842. The van der Waals surface area contributed by atoms with Gasteiger partial charge in [-0.15, -0.1) is 5.06 Å². The number of carbonyl (C=O) groups excluding carboxylic acids is 3. The fourth-order valence-corrected chi connectivity index (χ4v) is 4.89. The van der Waals surface area contributed by atoms with Gasteiger partial charge in [-0.3, -0.25) is 0 Å². The average molecular weight is 518 g/mol. The maximum atomic E-state index is 13.4. The van der Waals surface area contributed by atoms with E-state index in [-0.39, 0.29) is 25.2 Å². The summed E-state index contributed by atoms with van der Waals surface area (Å²) >= 11 is 0. The fourth-order valence-electron chi connectivity index (χ4n) is 4.89. The lowest BCUT2D eigenvalue weighted by atomic mass is 9.90. The van der Waals surface area contributed by atoms with Crippen LogP contribution in [-0.4, -0.2) is 53.5 Å². The molecule has 9 heteroatoms. The summed E-state index contributed by atoms with van der Waals surface area (Å²) in [5.74, 6) is -0.620. The van der Waals surface area contributed by atoms with Crippen molar-refractivity contribution >= 4 is 18.2 Å². The number of amides is 2. The van der Waals surface area contributed by atoms with Crippen LogP contribution in [0.2, 0.25) is 0 Å². The smallest absolute Gasteiger partial charge is 0.408 e. The van der Waals surface area contributed by atoms with E-state index in [2.05, 4.69) is 10.6 Å². The van der Waals surface area contributed by atoms with E-state index in [0.717, 1.165) is 56.9 Å². The van der Waals surface area contributed by atoms with Gasteiger partial charge in [-0.05, 0) is 52.0 Å². The van der Waals surface area contributed by atoms with Crippen LogP contribution < -0.4 is 10.6 Å². The molecule has 2 fully saturated rings. The van der Waals surface area contributed by atoms with Crippen molar-refractivity contribution in [2.45, 2.75) is 115 Å². The van der Waals surface area contributed by atoms with Gasteiger partial charge in [-0.2, -0.15) is 0 Å². The molecule has 0 unspecified atom stereocenters. The molecule has 2 amide bonds. The highest BCUT2D eigenvalue weighted by Gasteiger charge is 2.35. The Morgan fingerprint density at radius 1 is 0.892 bits per heavy atom. The van der Waals surface area contributed by atoms with Gasteiger partial charge < -0.3 is 24.9 Å². The molecule has 0 heterocycles. The summed E-state index contributed by atoms with van der Waals surface area (Å²) in [5, 5.41) is 7.07. The maximum Gasteiger partial charge on any atom is 0.408 e. The number of hydrogen-bond acceptors (Lipinski definition) is 7. The first-order valence-corrected chi connectivity index (χ1v) is 13.7. The minimum atomic E-state index is -1.13. The average Bonchev–Trinajstić information content (AvgIpc) is 2.89. The van der Waals surface area contributed by atoms with Crippen molar-refractivity contribution in [2.24, 2.45) is 0 Å². The molecule has 2 saturated carbocycles. The Balaban J connectivity index is 1.65. The molecule has 0 aromatic heterocycles. The van der Waals surface area contributed by atoms with Gasteiger partial charge in [-0.1, -0.05) is 68.9 Å². The molecule has 1 aromatic carbocycles. The Morgan fingerprint density at radius 2 is 1.46 bits per heavy atom. The van der Waals surface area contributed by atoms with Gasteiger partial charge in [0.1, 0.15) is 18.2 Å². The summed E-state index contributed by atoms with van der Waals surface area (Å²) in [6.45, 7) is 5.14. The standard InChI is InChI=1S/C28H43N3O6/c1-28(2,3)36-27(34)30-24(19-29-26(33)35-20-21-13-7-4-8-14-21)25(32)37-31(22-15-9-5-10-16-22)23-17-11-6-12-18-23/h4,7-8,13-14,22-24H,5-6,9-12,15-20H2,1-3H3,(H,29,33)(H,30,34)/t24-/m0/s1.